The topological polar surface area (TPSA) is 49.2 Å². The fourth-order valence-corrected chi connectivity index (χ4v) is 5.73. The molecule has 174 valence electrons. The third kappa shape index (κ3) is 3.62. The Hall–Kier alpha value is -3.38. The van der Waals surface area contributed by atoms with E-state index in [9.17, 15) is 0 Å². The quantitative estimate of drug-likeness (QED) is 0.432. The van der Waals surface area contributed by atoms with Crippen molar-refractivity contribution < 1.29 is 0 Å². The lowest BCUT2D eigenvalue weighted by atomic mass is 10.1. The highest BCUT2D eigenvalue weighted by Gasteiger charge is 2.45. The molecular formula is C28H32N6. The minimum Gasteiger partial charge on any atom is -0.363 e. The zero-order valence-electron chi connectivity index (χ0n) is 20.1. The van der Waals surface area contributed by atoms with Crippen molar-refractivity contribution in [2.75, 3.05) is 23.3 Å². The van der Waals surface area contributed by atoms with Gasteiger partial charge in [-0.1, -0.05) is 42.5 Å². The second kappa shape index (κ2) is 8.44. The molecule has 2 fully saturated rings. The Morgan fingerprint density at radius 3 is 2.47 bits per heavy atom. The van der Waals surface area contributed by atoms with E-state index in [1.165, 1.54) is 17.4 Å². The maximum Gasteiger partial charge on any atom is 0.159 e. The Kier molecular flexibility index (Phi) is 5.26. The first-order valence-corrected chi connectivity index (χ1v) is 12.4. The Morgan fingerprint density at radius 2 is 1.71 bits per heavy atom. The van der Waals surface area contributed by atoms with Gasteiger partial charge in [-0.3, -0.25) is 4.90 Å². The van der Waals surface area contributed by atoms with Crippen LogP contribution in [-0.2, 0) is 0 Å². The molecule has 4 aromatic rings. The molecule has 6 nitrogen and oxygen atoms in total. The molecule has 2 aliphatic rings. The number of likely N-dealkylation sites (tertiary alicyclic amines) is 1. The maximum absolute atomic E-state index is 5.18. The lowest BCUT2D eigenvalue weighted by Crippen LogP contribution is -2.49. The van der Waals surface area contributed by atoms with Gasteiger partial charge < -0.3 is 10.2 Å². The van der Waals surface area contributed by atoms with E-state index in [-0.39, 0.29) is 6.04 Å². The lowest BCUT2D eigenvalue weighted by molar-refractivity contribution is 0.191. The van der Waals surface area contributed by atoms with Crippen molar-refractivity contribution in [1.29, 1.82) is 0 Å². The van der Waals surface area contributed by atoms with Gasteiger partial charge in [0, 0.05) is 54.9 Å². The number of piperazine rings is 1. The van der Waals surface area contributed by atoms with E-state index in [2.05, 4.69) is 100 Å². The molecule has 2 aliphatic heterocycles. The summed E-state index contributed by atoms with van der Waals surface area (Å²) in [4.78, 5) is 9.77. The van der Waals surface area contributed by atoms with Gasteiger partial charge in [-0.25, -0.2) is 9.67 Å². The fourth-order valence-electron chi connectivity index (χ4n) is 5.73. The number of hydrogen-bond donors (Lipinski definition) is 1. The standard InChI is InChI=1S/C28H32N6/c1-19(2)32-17-24-15-23(32)18-33(24)28-25-11-7-8-12-26(25)34(31-28)22-13-14-29-27(16-22)30-20(3)21-9-5-4-6-10-21/h4-14,16,19-20,23-24H,15,17-18H2,1-3H3,(H,29,30)/t20-,23-,24-/m0/s1. The van der Waals surface area contributed by atoms with Crippen LogP contribution in [0.25, 0.3) is 16.6 Å². The predicted octanol–water partition coefficient (Wildman–Crippen LogP) is 5.26. The zero-order chi connectivity index (χ0) is 23.2. The summed E-state index contributed by atoms with van der Waals surface area (Å²) in [5.41, 5.74) is 3.39. The number of benzene rings is 2. The molecule has 6 heteroatoms. The predicted molar refractivity (Wildman–Crippen MR) is 139 cm³/mol. The SMILES string of the molecule is CC(C)N1C[C@@H]2C[C@H]1CN2c1nn(-c2ccnc(N[C@@H](C)c3ccccc3)c2)c2ccccc12. The second-order valence-corrected chi connectivity index (χ2v) is 9.91. The monoisotopic (exact) mass is 452 g/mol. The van der Waals surface area contributed by atoms with Crippen LogP contribution >= 0.6 is 0 Å². The maximum atomic E-state index is 5.18. The van der Waals surface area contributed by atoms with Crippen molar-refractivity contribution in [2.45, 2.75) is 51.4 Å². The van der Waals surface area contributed by atoms with Crippen LogP contribution in [0.4, 0.5) is 11.6 Å². The van der Waals surface area contributed by atoms with E-state index in [1.54, 1.807) is 0 Å². The number of fused-ring (bicyclic) bond motifs is 3. The average molecular weight is 453 g/mol. The molecule has 34 heavy (non-hydrogen) atoms. The van der Waals surface area contributed by atoms with Crippen LogP contribution in [0.2, 0.25) is 0 Å². The summed E-state index contributed by atoms with van der Waals surface area (Å²) in [7, 11) is 0. The number of rotatable bonds is 6. The van der Waals surface area contributed by atoms with E-state index in [1.807, 2.05) is 18.3 Å². The third-order valence-corrected chi connectivity index (χ3v) is 7.44. The molecule has 0 aliphatic carbocycles. The van der Waals surface area contributed by atoms with Gasteiger partial charge in [0.15, 0.2) is 5.82 Å². The van der Waals surface area contributed by atoms with Gasteiger partial charge in [0.1, 0.15) is 5.82 Å². The molecule has 3 atom stereocenters. The number of pyridine rings is 1. The first-order chi connectivity index (χ1) is 16.6. The van der Waals surface area contributed by atoms with Gasteiger partial charge in [-0.2, -0.15) is 0 Å². The summed E-state index contributed by atoms with van der Waals surface area (Å²) in [5.74, 6) is 1.96. The van der Waals surface area contributed by atoms with Crippen molar-refractivity contribution >= 4 is 22.5 Å². The molecule has 0 unspecified atom stereocenters. The van der Waals surface area contributed by atoms with Gasteiger partial charge in [0.05, 0.1) is 11.2 Å². The zero-order valence-corrected chi connectivity index (χ0v) is 20.1. The minimum absolute atomic E-state index is 0.165. The highest BCUT2D eigenvalue weighted by atomic mass is 15.4. The van der Waals surface area contributed by atoms with E-state index in [4.69, 9.17) is 5.10 Å². The molecule has 2 saturated heterocycles. The molecule has 6 rings (SSSR count). The largest absolute Gasteiger partial charge is 0.363 e. The van der Waals surface area contributed by atoms with Gasteiger partial charge >= 0.3 is 0 Å². The molecular weight excluding hydrogens is 420 g/mol. The van der Waals surface area contributed by atoms with Crippen molar-refractivity contribution in [2.24, 2.45) is 0 Å². The lowest BCUT2D eigenvalue weighted by Gasteiger charge is -2.36. The highest BCUT2D eigenvalue weighted by Crippen LogP contribution is 2.38. The summed E-state index contributed by atoms with van der Waals surface area (Å²) in [6.07, 6.45) is 3.10. The molecule has 0 radical (unpaired) electrons. The Morgan fingerprint density at radius 1 is 0.912 bits per heavy atom. The molecule has 2 bridgehead atoms. The number of para-hydroxylation sites is 1. The average Bonchev–Trinajstić information content (AvgIpc) is 3.57. The number of anilines is 2. The van der Waals surface area contributed by atoms with Crippen molar-refractivity contribution in [3.8, 4) is 5.69 Å². The normalized spacial score (nSPS) is 21.0. The first-order valence-electron chi connectivity index (χ1n) is 12.4. The van der Waals surface area contributed by atoms with E-state index >= 15 is 0 Å². The van der Waals surface area contributed by atoms with Crippen LogP contribution in [0.5, 0.6) is 0 Å². The van der Waals surface area contributed by atoms with Crippen LogP contribution in [0.15, 0.2) is 72.9 Å². The number of nitrogens with zero attached hydrogens (tertiary/aromatic N) is 5. The number of nitrogens with one attached hydrogen (secondary N) is 1. The smallest absolute Gasteiger partial charge is 0.159 e. The van der Waals surface area contributed by atoms with Crippen LogP contribution in [0.3, 0.4) is 0 Å². The van der Waals surface area contributed by atoms with Crippen LogP contribution in [0, 0.1) is 0 Å². The van der Waals surface area contributed by atoms with E-state index in [0.29, 0.717) is 18.1 Å². The molecule has 2 aromatic heterocycles. The van der Waals surface area contributed by atoms with Crippen molar-refractivity contribution in [3.05, 3.63) is 78.5 Å². The van der Waals surface area contributed by atoms with Crippen LogP contribution in [-0.4, -0.2) is 50.9 Å². The summed E-state index contributed by atoms with van der Waals surface area (Å²) in [5, 5.41) is 9.94. The molecule has 4 heterocycles. The van der Waals surface area contributed by atoms with Crippen LogP contribution in [0.1, 0.15) is 38.8 Å². The summed E-state index contributed by atoms with van der Waals surface area (Å²) in [6.45, 7) is 8.96. The molecule has 0 spiro atoms. The summed E-state index contributed by atoms with van der Waals surface area (Å²) >= 11 is 0. The van der Waals surface area contributed by atoms with Gasteiger partial charge in [-0.15, -0.1) is 5.10 Å². The van der Waals surface area contributed by atoms with Gasteiger partial charge in [0.25, 0.3) is 0 Å². The second-order valence-electron chi connectivity index (χ2n) is 9.91. The fraction of sp³-hybridized carbons (Fsp3) is 0.357. The highest BCUT2D eigenvalue weighted by molar-refractivity contribution is 5.92. The van der Waals surface area contributed by atoms with Crippen molar-refractivity contribution in [1.82, 2.24) is 19.7 Å². The summed E-state index contributed by atoms with van der Waals surface area (Å²) in [6, 6.07) is 25.1. The van der Waals surface area contributed by atoms with Crippen molar-refractivity contribution in [3.63, 3.8) is 0 Å². The van der Waals surface area contributed by atoms with E-state index < -0.39 is 0 Å². The Bertz CT molecular complexity index is 1300. The molecule has 0 saturated carbocycles. The number of aromatic nitrogens is 3. The Labute approximate surface area is 201 Å². The molecule has 1 N–H and O–H groups in total. The minimum atomic E-state index is 0.165. The van der Waals surface area contributed by atoms with Crippen LogP contribution < -0.4 is 10.2 Å². The van der Waals surface area contributed by atoms with Gasteiger partial charge in [-0.05, 0) is 51.0 Å². The number of hydrogen-bond acceptors (Lipinski definition) is 5. The Balaban J connectivity index is 1.32. The first kappa shape index (κ1) is 21.2. The van der Waals surface area contributed by atoms with E-state index in [0.717, 1.165) is 35.9 Å². The molecule has 2 aromatic carbocycles. The third-order valence-electron chi connectivity index (χ3n) is 7.44. The molecule has 0 amide bonds. The summed E-state index contributed by atoms with van der Waals surface area (Å²) < 4.78 is 2.08. The van der Waals surface area contributed by atoms with Gasteiger partial charge in [0.2, 0.25) is 0 Å².